The maximum atomic E-state index is 12.5. The minimum atomic E-state index is -0.229. The van der Waals surface area contributed by atoms with Gasteiger partial charge in [-0.3, -0.25) is 14.2 Å². The van der Waals surface area contributed by atoms with Crippen molar-refractivity contribution in [2.24, 2.45) is 0 Å². The summed E-state index contributed by atoms with van der Waals surface area (Å²) < 4.78 is 1.88. The van der Waals surface area contributed by atoms with E-state index in [2.05, 4.69) is 28.5 Å². The summed E-state index contributed by atoms with van der Waals surface area (Å²) in [7, 11) is 3.29. The number of aromatic nitrogens is 3. The van der Waals surface area contributed by atoms with Crippen LogP contribution in [0.25, 0.3) is 5.69 Å². The number of aryl methyl sites for hydroxylation is 1. The smallest absolute Gasteiger partial charge is 0.254 e. The third-order valence-corrected chi connectivity index (χ3v) is 5.64. The quantitative estimate of drug-likeness (QED) is 0.560. The van der Waals surface area contributed by atoms with Gasteiger partial charge in [-0.1, -0.05) is 48.5 Å². The van der Waals surface area contributed by atoms with Crippen molar-refractivity contribution in [3.63, 3.8) is 0 Å². The summed E-state index contributed by atoms with van der Waals surface area (Å²) >= 11 is 7.41. The van der Waals surface area contributed by atoms with Gasteiger partial charge >= 0.3 is 0 Å². The van der Waals surface area contributed by atoms with E-state index in [4.69, 9.17) is 11.6 Å². The summed E-state index contributed by atoms with van der Waals surface area (Å²) in [5, 5.41) is 11.9. The number of anilines is 1. The van der Waals surface area contributed by atoms with E-state index in [1.165, 1.54) is 22.2 Å². The number of carbonyl (C=O) groups is 2. The van der Waals surface area contributed by atoms with Crippen molar-refractivity contribution >= 4 is 40.9 Å². The highest BCUT2D eigenvalue weighted by Crippen LogP contribution is 2.24. The molecule has 0 saturated heterocycles. The van der Waals surface area contributed by atoms with Gasteiger partial charge in [0.1, 0.15) is 6.33 Å². The van der Waals surface area contributed by atoms with Gasteiger partial charge in [-0.25, -0.2) is 0 Å². The van der Waals surface area contributed by atoms with Crippen LogP contribution in [-0.2, 0) is 11.2 Å². The van der Waals surface area contributed by atoms with Crippen LogP contribution in [0.15, 0.2) is 53.9 Å². The maximum Gasteiger partial charge on any atom is 0.254 e. The first-order valence-corrected chi connectivity index (χ1v) is 10.7. The molecule has 2 aromatic carbocycles. The van der Waals surface area contributed by atoms with Crippen LogP contribution in [0, 0.1) is 0 Å². The van der Waals surface area contributed by atoms with Gasteiger partial charge in [-0.15, -0.1) is 10.2 Å². The number of benzene rings is 2. The number of hydrogen-bond acceptors (Lipinski definition) is 5. The summed E-state index contributed by atoms with van der Waals surface area (Å²) in [4.78, 5) is 26.1. The standard InChI is InChI=1S/C21H22ClN5O2S/c1-4-14-7-5-6-8-18(14)27-13-23-25-21(27)30-12-19(28)24-15-9-10-17(22)16(11-15)20(29)26(2)3/h5-11,13H,4,12H2,1-3H3,(H,24,28). The first-order valence-electron chi connectivity index (χ1n) is 9.32. The summed E-state index contributed by atoms with van der Waals surface area (Å²) in [6.07, 6.45) is 2.52. The lowest BCUT2D eigenvalue weighted by Gasteiger charge is -2.13. The van der Waals surface area contributed by atoms with Gasteiger partial charge in [-0.2, -0.15) is 0 Å². The zero-order valence-corrected chi connectivity index (χ0v) is 18.5. The van der Waals surface area contributed by atoms with Crippen LogP contribution >= 0.6 is 23.4 Å². The van der Waals surface area contributed by atoms with Crippen LogP contribution in [0.2, 0.25) is 5.02 Å². The molecule has 0 aliphatic heterocycles. The van der Waals surface area contributed by atoms with E-state index in [0.717, 1.165) is 12.1 Å². The molecule has 0 fully saturated rings. The molecule has 0 aliphatic carbocycles. The monoisotopic (exact) mass is 443 g/mol. The SMILES string of the molecule is CCc1ccccc1-n1cnnc1SCC(=O)Nc1ccc(Cl)c(C(=O)N(C)C)c1. The zero-order valence-electron chi connectivity index (χ0n) is 16.9. The molecule has 0 bridgehead atoms. The molecule has 30 heavy (non-hydrogen) atoms. The third-order valence-electron chi connectivity index (χ3n) is 4.37. The molecular formula is C21H22ClN5O2S. The topological polar surface area (TPSA) is 80.1 Å². The van der Waals surface area contributed by atoms with Crippen LogP contribution in [0.3, 0.4) is 0 Å². The van der Waals surface area contributed by atoms with Crippen molar-refractivity contribution in [2.45, 2.75) is 18.5 Å². The average Bonchev–Trinajstić information content (AvgIpc) is 3.21. The van der Waals surface area contributed by atoms with E-state index >= 15 is 0 Å². The Hall–Kier alpha value is -2.84. The van der Waals surface area contributed by atoms with Gasteiger partial charge in [0.2, 0.25) is 5.91 Å². The van der Waals surface area contributed by atoms with Crippen molar-refractivity contribution in [2.75, 3.05) is 25.2 Å². The highest BCUT2D eigenvalue weighted by molar-refractivity contribution is 7.99. The number of nitrogens with one attached hydrogen (secondary N) is 1. The number of carbonyl (C=O) groups excluding carboxylic acids is 2. The summed E-state index contributed by atoms with van der Waals surface area (Å²) in [6.45, 7) is 2.09. The molecule has 2 amide bonds. The van der Waals surface area contributed by atoms with Gasteiger partial charge in [0, 0.05) is 19.8 Å². The molecule has 1 heterocycles. The predicted molar refractivity (Wildman–Crippen MR) is 120 cm³/mol. The van der Waals surface area contributed by atoms with Crippen LogP contribution in [0.1, 0.15) is 22.8 Å². The van der Waals surface area contributed by atoms with Crippen molar-refractivity contribution in [1.29, 1.82) is 0 Å². The lowest BCUT2D eigenvalue weighted by molar-refractivity contribution is -0.113. The van der Waals surface area contributed by atoms with Gasteiger partial charge in [-0.05, 0) is 36.2 Å². The second-order valence-electron chi connectivity index (χ2n) is 6.70. The normalized spacial score (nSPS) is 10.7. The first kappa shape index (κ1) is 21.9. The summed E-state index contributed by atoms with van der Waals surface area (Å²) in [5.41, 5.74) is 3.01. The predicted octanol–water partition coefficient (Wildman–Crippen LogP) is 3.92. The number of thioether (sulfide) groups is 1. The molecular weight excluding hydrogens is 422 g/mol. The Kier molecular flexibility index (Phi) is 7.12. The minimum Gasteiger partial charge on any atom is -0.345 e. The highest BCUT2D eigenvalue weighted by Gasteiger charge is 2.15. The molecule has 1 N–H and O–H groups in total. The molecule has 156 valence electrons. The first-order chi connectivity index (χ1) is 14.4. The number of amides is 2. The largest absolute Gasteiger partial charge is 0.345 e. The second-order valence-corrected chi connectivity index (χ2v) is 8.05. The van der Waals surface area contributed by atoms with Gasteiger partial charge in [0.05, 0.1) is 22.0 Å². The van der Waals surface area contributed by atoms with Crippen LogP contribution < -0.4 is 5.32 Å². The number of nitrogens with zero attached hydrogens (tertiary/aromatic N) is 4. The maximum absolute atomic E-state index is 12.5. The van der Waals surface area contributed by atoms with Crippen molar-refractivity contribution in [3.8, 4) is 5.69 Å². The Morgan fingerprint density at radius 2 is 1.97 bits per heavy atom. The molecule has 0 atom stereocenters. The van der Waals surface area contributed by atoms with E-state index in [-0.39, 0.29) is 17.6 Å². The molecule has 0 saturated carbocycles. The molecule has 3 rings (SSSR count). The van der Waals surface area contributed by atoms with E-state index in [0.29, 0.717) is 21.4 Å². The molecule has 9 heteroatoms. The van der Waals surface area contributed by atoms with Crippen LogP contribution in [0.5, 0.6) is 0 Å². The fraction of sp³-hybridized carbons (Fsp3) is 0.238. The fourth-order valence-electron chi connectivity index (χ4n) is 2.87. The second kappa shape index (κ2) is 9.77. The highest BCUT2D eigenvalue weighted by atomic mass is 35.5. The molecule has 0 spiro atoms. The minimum absolute atomic E-state index is 0.145. The third kappa shape index (κ3) is 5.01. The van der Waals surface area contributed by atoms with E-state index in [1.54, 1.807) is 38.6 Å². The Morgan fingerprint density at radius 3 is 2.70 bits per heavy atom. The van der Waals surface area contributed by atoms with Crippen molar-refractivity contribution in [3.05, 3.63) is 64.9 Å². The Balaban J connectivity index is 1.69. The Labute approximate surface area is 184 Å². The van der Waals surface area contributed by atoms with E-state index in [9.17, 15) is 9.59 Å². The Morgan fingerprint density at radius 1 is 1.20 bits per heavy atom. The zero-order chi connectivity index (χ0) is 21.7. The van der Waals surface area contributed by atoms with Crippen LogP contribution in [0.4, 0.5) is 5.69 Å². The molecule has 0 unspecified atom stereocenters. The fourth-order valence-corrected chi connectivity index (χ4v) is 3.79. The van der Waals surface area contributed by atoms with Gasteiger partial charge in [0.25, 0.3) is 5.91 Å². The van der Waals surface area contributed by atoms with E-state index < -0.39 is 0 Å². The molecule has 3 aromatic rings. The Bertz CT molecular complexity index is 1070. The molecule has 7 nitrogen and oxygen atoms in total. The molecule has 1 aromatic heterocycles. The number of para-hydroxylation sites is 1. The number of hydrogen-bond donors (Lipinski definition) is 1. The van der Waals surface area contributed by atoms with Gasteiger partial charge in [0.15, 0.2) is 5.16 Å². The van der Waals surface area contributed by atoms with Crippen molar-refractivity contribution < 1.29 is 9.59 Å². The van der Waals surface area contributed by atoms with Crippen LogP contribution in [-0.4, -0.2) is 51.3 Å². The molecule has 0 aliphatic rings. The van der Waals surface area contributed by atoms with Crippen molar-refractivity contribution in [1.82, 2.24) is 19.7 Å². The lowest BCUT2D eigenvalue weighted by Crippen LogP contribution is -2.22. The summed E-state index contributed by atoms with van der Waals surface area (Å²) in [5.74, 6) is -0.302. The number of rotatable bonds is 7. The summed E-state index contributed by atoms with van der Waals surface area (Å²) in [6, 6.07) is 12.9. The lowest BCUT2D eigenvalue weighted by atomic mass is 10.1. The van der Waals surface area contributed by atoms with E-state index in [1.807, 2.05) is 22.8 Å². The van der Waals surface area contributed by atoms with Gasteiger partial charge < -0.3 is 10.2 Å². The average molecular weight is 444 g/mol. The number of halogens is 1. The molecule has 0 radical (unpaired) electrons.